The highest BCUT2D eigenvalue weighted by molar-refractivity contribution is 6.02. The molecule has 2 atom stereocenters. The minimum Gasteiger partial charge on any atom is -0.472 e. The quantitative estimate of drug-likeness (QED) is 0.199. The van der Waals surface area contributed by atoms with Gasteiger partial charge < -0.3 is 19.3 Å². The number of nitrogens with zero attached hydrogens (tertiary/aromatic N) is 16. The molecule has 0 bridgehead atoms. The normalized spacial score (nSPS) is 17.7. The second-order valence-electron chi connectivity index (χ2n) is 13.7. The summed E-state index contributed by atoms with van der Waals surface area (Å²) in [5.74, 6) is 0.650. The summed E-state index contributed by atoms with van der Waals surface area (Å²) in [5, 5.41) is 39.4. The highest BCUT2D eigenvalue weighted by Crippen LogP contribution is 2.36. The molecule has 2 fully saturated rings. The number of fused-ring (bicyclic) bond motifs is 4. The maximum absolute atomic E-state index is 12.9. The Kier molecular flexibility index (Phi) is 8.00. The van der Waals surface area contributed by atoms with Crippen LogP contribution in [0.25, 0.3) is 21.8 Å². The lowest BCUT2D eigenvalue weighted by Crippen LogP contribution is -2.40. The molecule has 6 aromatic rings. The largest absolute Gasteiger partial charge is 0.472 e. The summed E-state index contributed by atoms with van der Waals surface area (Å²) in [7, 11) is 0. The molecule has 0 N–H and O–H groups in total. The molecule has 276 valence electrons. The highest BCUT2D eigenvalue weighted by Gasteiger charge is 2.39. The van der Waals surface area contributed by atoms with Crippen molar-refractivity contribution in [2.75, 3.05) is 13.5 Å². The number of hydrogen-bond donors (Lipinski definition) is 0. The van der Waals surface area contributed by atoms with Gasteiger partial charge in [-0.25, -0.2) is 14.0 Å². The first-order valence-corrected chi connectivity index (χ1v) is 17.4. The van der Waals surface area contributed by atoms with Crippen molar-refractivity contribution in [2.24, 2.45) is 0 Å². The Hall–Kier alpha value is -6.74. The van der Waals surface area contributed by atoms with Gasteiger partial charge in [-0.15, -0.1) is 25.5 Å². The molecule has 0 radical (unpaired) electrons. The van der Waals surface area contributed by atoms with E-state index in [1.54, 1.807) is 34.1 Å². The Bertz CT molecular complexity index is 2350. The van der Waals surface area contributed by atoms with E-state index in [0.717, 1.165) is 25.7 Å². The van der Waals surface area contributed by atoms with E-state index in [1.165, 1.54) is 31.5 Å². The summed E-state index contributed by atoms with van der Waals surface area (Å²) in [6.07, 6.45) is 6.80. The third kappa shape index (κ3) is 6.03. The molecule has 2 aliphatic carbocycles. The Morgan fingerprint density at radius 3 is 1.69 bits per heavy atom. The monoisotopic (exact) mass is 736 g/mol. The minimum atomic E-state index is -0.326. The number of tetrazole rings is 2. The number of rotatable bonds is 8. The summed E-state index contributed by atoms with van der Waals surface area (Å²) in [4.78, 5) is 55.9. The lowest BCUT2D eigenvalue weighted by molar-refractivity contribution is 0.0490. The Morgan fingerprint density at radius 1 is 0.685 bits per heavy atom. The standard InChI is InChI=1S/2C16H16N8O3/c1-9(6-22-7-17-19-21-22)24-16(26)11-5-14-12(4-13(11)18-20-24)15(25)23(8-27-14)10-2-3-10;1-9(6-23-18-7-17-20-23)24-16(26)11-5-14-12(4-13(11)19-21-24)15(25)22(8-27-14)10-2-3-10/h2*4-5,7,9-10H,2-3,6,8H2,1H3/t2*9-/m11/s1. The maximum Gasteiger partial charge on any atom is 0.278 e. The van der Waals surface area contributed by atoms with E-state index in [1.807, 2.05) is 13.8 Å². The third-order valence-corrected chi connectivity index (χ3v) is 9.74. The van der Waals surface area contributed by atoms with Crippen LogP contribution in [-0.2, 0) is 13.1 Å². The number of aromatic nitrogens is 14. The first-order valence-electron chi connectivity index (χ1n) is 17.4. The molecule has 54 heavy (non-hydrogen) atoms. The molecule has 2 amide bonds. The van der Waals surface area contributed by atoms with E-state index in [-0.39, 0.29) is 60.6 Å². The van der Waals surface area contributed by atoms with Gasteiger partial charge in [-0.2, -0.15) is 4.80 Å². The zero-order valence-electron chi connectivity index (χ0n) is 29.0. The van der Waals surface area contributed by atoms with Gasteiger partial charge in [0.1, 0.15) is 28.9 Å². The predicted octanol–water partition coefficient (Wildman–Crippen LogP) is -0.0126. The van der Waals surface area contributed by atoms with Crippen LogP contribution in [0.1, 0.15) is 72.3 Å². The van der Waals surface area contributed by atoms with E-state index in [9.17, 15) is 19.2 Å². The predicted molar refractivity (Wildman–Crippen MR) is 182 cm³/mol. The molecule has 2 saturated carbocycles. The van der Waals surface area contributed by atoms with E-state index in [4.69, 9.17) is 9.47 Å². The van der Waals surface area contributed by atoms with E-state index < -0.39 is 0 Å². The molecule has 4 aliphatic rings. The van der Waals surface area contributed by atoms with Crippen LogP contribution in [0.3, 0.4) is 0 Å². The van der Waals surface area contributed by atoms with Crippen molar-refractivity contribution in [1.82, 2.24) is 80.2 Å². The van der Waals surface area contributed by atoms with Crippen LogP contribution >= 0.6 is 0 Å². The number of carbonyl (C=O) groups excluding carboxylic acids is 2. The molecule has 10 rings (SSSR count). The lowest BCUT2D eigenvalue weighted by atomic mass is 10.1. The molecule has 2 aliphatic heterocycles. The van der Waals surface area contributed by atoms with Gasteiger partial charge in [0, 0.05) is 12.1 Å². The fourth-order valence-corrected chi connectivity index (χ4v) is 6.53. The summed E-state index contributed by atoms with van der Waals surface area (Å²) >= 11 is 0. The van der Waals surface area contributed by atoms with E-state index in [0.29, 0.717) is 57.5 Å². The molecule has 0 spiro atoms. The Balaban J connectivity index is 0.000000142. The van der Waals surface area contributed by atoms with Gasteiger partial charge in [0.25, 0.3) is 22.9 Å². The van der Waals surface area contributed by atoms with Crippen LogP contribution in [0.15, 0.2) is 46.5 Å². The van der Waals surface area contributed by atoms with Crippen LogP contribution in [0.2, 0.25) is 0 Å². The van der Waals surface area contributed by atoms with Gasteiger partial charge in [-0.1, -0.05) is 10.4 Å². The zero-order chi connectivity index (χ0) is 37.1. The molecule has 22 heteroatoms. The average molecular weight is 737 g/mol. The molecule has 0 unspecified atom stereocenters. The van der Waals surface area contributed by atoms with Crippen LogP contribution in [-0.4, -0.2) is 118 Å². The van der Waals surface area contributed by atoms with Crippen molar-refractivity contribution in [1.29, 1.82) is 0 Å². The zero-order valence-corrected chi connectivity index (χ0v) is 29.0. The SMILES string of the molecule is C[C@H](Cn1cnnn1)n1nnc2cc3c(cc2c1=O)OCN(C1CC1)C3=O.C[C@H](Cn1ncnn1)n1nnc2cc3c(cc2c1=O)OCN(C1CC1)C3=O. The van der Waals surface area contributed by atoms with Gasteiger partial charge in [0.2, 0.25) is 0 Å². The molecular formula is C32H32N16O6. The van der Waals surface area contributed by atoms with Gasteiger partial charge >= 0.3 is 0 Å². The van der Waals surface area contributed by atoms with Crippen molar-refractivity contribution < 1.29 is 19.1 Å². The average Bonchev–Trinajstić information content (AvgIpc) is 4.09. The van der Waals surface area contributed by atoms with Crippen LogP contribution < -0.4 is 20.6 Å². The van der Waals surface area contributed by atoms with Gasteiger partial charge in [0.05, 0.1) is 47.1 Å². The summed E-state index contributed by atoms with van der Waals surface area (Å²) < 4.78 is 15.6. The second-order valence-corrected chi connectivity index (χ2v) is 13.7. The van der Waals surface area contributed by atoms with Crippen LogP contribution in [0.5, 0.6) is 11.5 Å². The first-order chi connectivity index (χ1) is 26.2. The summed E-state index contributed by atoms with van der Waals surface area (Å²) in [5.41, 5.74) is 0.982. The van der Waals surface area contributed by atoms with Crippen molar-refractivity contribution in [3.63, 3.8) is 0 Å². The van der Waals surface area contributed by atoms with Gasteiger partial charge in [-0.3, -0.25) is 19.2 Å². The van der Waals surface area contributed by atoms with Crippen molar-refractivity contribution in [2.45, 2.75) is 76.8 Å². The lowest BCUT2D eigenvalue weighted by Gasteiger charge is -2.28. The molecule has 6 heterocycles. The smallest absolute Gasteiger partial charge is 0.278 e. The van der Waals surface area contributed by atoms with Crippen molar-refractivity contribution >= 4 is 33.6 Å². The Morgan fingerprint density at radius 2 is 1.22 bits per heavy atom. The van der Waals surface area contributed by atoms with Gasteiger partial charge in [0.15, 0.2) is 19.8 Å². The highest BCUT2D eigenvalue weighted by atomic mass is 16.5. The first kappa shape index (κ1) is 33.1. The molecule has 4 aromatic heterocycles. The second kappa shape index (κ2) is 13.0. The molecule has 22 nitrogen and oxygen atoms in total. The Labute approximate surface area is 303 Å². The van der Waals surface area contributed by atoms with Gasteiger partial charge in [-0.05, 0) is 79.4 Å². The fourth-order valence-electron chi connectivity index (χ4n) is 6.53. The number of hydrogen-bond acceptors (Lipinski definition) is 16. The molecule has 2 aromatic carbocycles. The van der Waals surface area contributed by atoms with Crippen LogP contribution in [0, 0.1) is 0 Å². The van der Waals surface area contributed by atoms with Crippen molar-refractivity contribution in [3.05, 3.63) is 68.8 Å². The van der Waals surface area contributed by atoms with Crippen LogP contribution in [0.4, 0.5) is 0 Å². The van der Waals surface area contributed by atoms with E-state index >= 15 is 0 Å². The number of carbonyl (C=O) groups is 2. The van der Waals surface area contributed by atoms with Crippen molar-refractivity contribution in [3.8, 4) is 11.5 Å². The summed E-state index contributed by atoms with van der Waals surface area (Å²) in [6, 6.07) is 6.23. The molecule has 0 saturated heterocycles. The summed E-state index contributed by atoms with van der Waals surface area (Å²) in [6.45, 7) is 4.78. The number of benzene rings is 2. The topological polar surface area (TPSA) is 242 Å². The fraction of sp³-hybridized carbons (Fsp3) is 0.438. The molecular weight excluding hydrogens is 704 g/mol. The number of ether oxygens (including phenoxy) is 2. The minimum absolute atomic E-state index is 0.0846. The van der Waals surface area contributed by atoms with E-state index in [2.05, 4.69) is 51.6 Å². The maximum atomic E-state index is 12.9. The number of amides is 2. The third-order valence-electron chi connectivity index (χ3n) is 9.74.